The average Bonchev–Trinajstić information content (AvgIpc) is 2.55. The second-order valence-electron chi connectivity index (χ2n) is 21.6. The summed E-state index contributed by atoms with van der Waals surface area (Å²) in [4.78, 5) is 36.4. The normalized spacial score (nSPS) is 18.6. The molecule has 6 N–H and O–H groups in total. The molecule has 8 aromatic rings. The molecule has 12 rings (SSSR count). The van der Waals surface area contributed by atoms with Gasteiger partial charge in [0.15, 0.2) is 11.2 Å². The van der Waals surface area contributed by atoms with Crippen molar-refractivity contribution in [1.29, 1.82) is 0 Å². The van der Waals surface area contributed by atoms with E-state index in [-0.39, 0.29) is 37.0 Å². The maximum atomic E-state index is 13.3. The number of nitrogens with zero attached hydrogens (tertiary/aromatic N) is 4. The third-order valence-electron chi connectivity index (χ3n) is 16.5. The Bertz CT molecular complexity index is 3850. The highest BCUT2D eigenvalue weighted by molar-refractivity contribution is 6.62. The Kier molecular flexibility index (Phi) is 19.7. The summed E-state index contributed by atoms with van der Waals surface area (Å²) in [5, 5.41) is 43.7. The van der Waals surface area contributed by atoms with E-state index in [9.17, 15) is 24.7 Å². The van der Waals surface area contributed by atoms with Gasteiger partial charge in [0, 0.05) is 80.7 Å². The zero-order valence-corrected chi connectivity index (χ0v) is 50.9. The highest BCUT2D eigenvalue weighted by Crippen LogP contribution is 2.42. The second kappa shape index (κ2) is 25.9. The number of fused-ring (bicyclic) bond motifs is 4. The monoisotopic (exact) mass is 1250 g/mol. The van der Waals surface area contributed by atoms with Gasteiger partial charge in [0.25, 0.3) is 5.91 Å². The fourth-order valence-electron chi connectivity index (χ4n) is 11.8. The predicted octanol–water partition coefficient (Wildman–Crippen LogP) is 12.9. The van der Waals surface area contributed by atoms with Crippen LogP contribution in [0.2, 0.25) is 20.1 Å². The van der Waals surface area contributed by atoms with Gasteiger partial charge >= 0.3 is 20.2 Å². The molecule has 0 aliphatic carbocycles. The van der Waals surface area contributed by atoms with Crippen LogP contribution in [0.3, 0.4) is 0 Å². The molecule has 4 aromatic carbocycles. The number of pyridine rings is 2. The number of nitrogens with one attached hydrogen (secondary N) is 1. The molecule has 0 fully saturated rings. The van der Waals surface area contributed by atoms with Crippen molar-refractivity contribution >= 4 is 118 Å². The first kappa shape index (κ1) is 64.7. The van der Waals surface area contributed by atoms with Gasteiger partial charge in [-0.1, -0.05) is 128 Å². The van der Waals surface area contributed by atoms with Gasteiger partial charge in [0.1, 0.15) is 11.4 Å². The highest BCUT2D eigenvalue weighted by atomic mass is 35.5. The summed E-state index contributed by atoms with van der Waals surface area (Å²) in [6, 6.07) is 37.1. The zero-order chi connectivity index (χ0) is 59.2. The van der Waals surface area contributed by atoms with Gasteiger partial charge < -0.3 is 54.0 Å². The molecule has 2 unspecified atom stereocenters. The third kappa shape index (κ3) is 12.5. The van der Waals surface area contributed by atoms with Crippen molar-refractivity contribution in [2.24, 2.45) is 16.0 Å². The number of nitrogens with two attached hydrogens (primary N) is 1. The van der Waals surface area contributed by atoms with E-state index < -0.39 is 37.0 Å². The van der Waals surface area contributed by atoms with E-state index >= 15 is 0 Å². The molecule has 22 heteroatoms. The number of carbonyl (C=O) groups excluding carboxylic acids is 1. The van der Waals surface area contributed by atoms with Crippen molar-refractivity contribution in [3.05, 3.63) is 210 Å². The van der Waals surface area contributed by atoms with Crippen LogP contribution in [0, 0.1) is 0 Å². The number of benzene rings is 4. The summed E-state index contributed by atoms with van der Waals surface area (Å²) in [7, 11) is -1.77. The van der Waals surface area contributed by atoms with Crippen LogP contribution in [0.4, 0.5) is 0 Å². The van der Waals surface area contributed by atoms with Crippen LogP contribution < -0.4 is 22.0 Å². The molecule has 1 amide bonds. The molecule has 0 spiro atoms. The Balaban J connectivity index is 0.000000182. The number of halogens is 5. The van der Waals surface area contributed by atoms with Gasteiger partial charge in [-0.25, -0.2) is 4.79 Å². The summed E-state index contributed by atoms with van der Waals surface area (Å²) in [5.74, 6) is -1.20. The number of rotatable bonds is 13. The number of hydrogen-bond acceptors (Lipinski definition) is 11. The zero-order valence-electron chi connectivity index (χ0n) is 47.1. The van der Waals surface area contributed by atoms with Crippen LogP contribution >= 0.6 is 58.8 Å². The number of aromatic nitrogens is 2. The van der Waals surface area contributed by atoms with E-state index in [0.29, 0.717) is 51.7 Å². The van der Waals surface area contributed by atoms with Gasteiger partial charge in [-0.3, -0.25) is 4.79 Å². The van der Waals surface area contributed by atoms with E-state index in [1.54, 1.807) is 47.0 Å². The average molecular weight is 1250 g/mol. The molecular formula is C63H67B2Cl5N6O9. The van der Waals surface area contributed by atoms with E-state index in [2.05, 4.69) is 43.3 Å². The van der Waals surface area contributed by atoms with Crippen LogP contribution in [0.1, 0.15) is 153 Å². The first-order valence-electron chi connectivity index (χ1n) is 27.5. The van der Waals surface area contributed by atoms with Gasteiger partial charge in [-0.05, 0) is 158 Å². The van der Waals surface area contributed by atoms with Crippen LogP contribution in [0.5, 0.6) is 0 Å². The quantitative estimate of drug-likeness (QED) is 0.0691. The van der Waals surface area contributed by atoms with Crippen LogP contribution in [0.15, 0.2) is 144 Å². The Morgan fingerprint density at radius 3 is 1.45 bits per heavy atom. The van der Waals surface area contributed by atoms with Gasteiger partial charge in [-0.15, -0.1) is 12.4 Å². The first-order valence-corrected chi connectivity index (χ1v) is 29.1. The van der Waals surface area contributed by atoms with E-state index in [1.807, 2.05) is 109 Å². The minimum absolute atomic E-state index is 0. The lowest BCUT2D eigenvalue weighted by Gasteiger charge is -2.28. The molecule has 4 aromatic heterocycles. The molecular weight excluding hydrogens is 1180 g/mol. The molecule has 0 radical (unpaired) electrons. The summed E-state index contributed by atoms with van der Waals surface area (Å²) < 4.78 is 15.2. The maximum Gasteiger partial charge on any atom is 0.492 e. The molecule has 0 saturated heterocycles. The number of hydrogen-bond donors (Lipinski definition) is 5. The number of carbonyl (C=O) groups is 2. The minimum atomic E-state index is -0.985. The Labute approximate surface area is 521 Å². The first-order chi connectivity index (χ1) is 39.7. The Morgan fingerprint density at radius 1 is 0.612 bits per heavy atom. The molecule has 0 saturated carbocycles. The van der Waals surface area contributed by atoms with Crippen molar-refractivity contribution < 1.29 is 43.7 Å². The summed E-state index contributed by atoms with van der Waals surface area (Å²) in [6.07, 6.45) is 7.90. The summed E-state index contributed by atoms with van der Waals surface area (Å²) >= 11 is 24.7. The second-order valence-corrected chi connectivity index (χ2v) is 23.3. The van der Waals surface area contributed by atoms with Crippen molar-refractivity contribution in [2.45, 2.75) is 123 Å². The van der Waals surface area contributed by atoms with Gasteiger partial charge in [0.2, 0.25) is 0 Å². The lowest BCUT2D eigenvalue weighted by atomic mass is 9.76. The number of aromatic carboxylic acids is 1. The SMILES string of the molecule is C.CC1(c2cc(Cl)cc(Cl)c2)CC(c2ccc(C(=O)O)n3cccc23)=NO1.CCC1(CC)OB(O)c2cc(CN)ccc21.CCC1(CC)OB(O)c2cc(CNC(=O)c3ccc(C4=NOC(C)(c5cc(Cl)cc(Cl)c5)C4)c4cccn34)ccc21.Cl. The Morgan fingerprint density at radius 2 is 1.02 bits per heavy atom. The fourth-order valence-corrected chi connectivity index (χ4v) is 12.8. The smallest absolute Gasteiger partial charge is 0.477 e. The fraction of sp³-hybridized carbons (Fsp3) is 0.302. The van der Waals surface area contributed by atoms with Crippen LogP contribution in [-0.4, -0.2) is 61.5 Å². The van der Waals surface area contributed by atoms with Gasteiger partial charge in [0.05, 0.1) is 33.7 Å². The van der Waals surface area contributed by atoms with Crippen LogP contribution in [-0.2, 0) is 54.5 Å². The molecule has 4 aliphatic rings. The highest BCUT2D eigenvalue weighted by Gasteiger charge is 2.46. The van der Waals surface area contributed by atoms with Crippen molar-refractivity contribution in [3.8, 4) is 0 Å². The number of oxime groups is 2. The topological polar surface area (TPSA) is 203 Å². The van der Waals surface area contributed by atoms with Crippen molar-refractivity contribution in [1.82, 2.24) is 14.1 Å². The molecule has 0 bridgehead atoms. The molecule has 15 nitrogen and oxygen atoms in total. The molecule has 2 atom stereocenters. The lowest BCUT2D eigenvalue weighted by molar-refractivity contribution is -0.00755. The van der Waals surface area contributed by atoms with Crippen LogP contribution in [0.25, 0.3) is 11.0 Å². The predicted molar refractivity (Wildman–Crippen MR) is 342 cm³/mol. The molecule has 85 heavy (non-hydrogen) atoms. The molecule has 8 heterocycles. The Hall–Kier alpha value is -6.34. The number of carboxylic acid groups (broad SMARTS) is 1. The lowest BCUT2D eigenvalue weighted by Crippen LogP contribution is -2.30. The summed E-state index contributed by atoms with van der Waals surface area (Å²) in [6.45, 7) is 13.0. The summed E-state index contributed by atoms with van der Waals surface area (Å²) in [5.41, 5.74) is 16.3. The van der Waals surface area contributed by atoms with Gasteiger partial charge in [-0.2, -0.15) is 0 Å². The number of carboxylic acids is 1. The maximum absolute atomic E-state index is 13.3. The van der Waals surface area contributed by atoms with E-state index in [1.165, 1.54) is 0 Å². The van der Waals surface area contributed by atoms with Crippen molar-refractivity contribution in [2.75, 3.05) is 0 Å². The standard InChI is InChI=1S/C31H30BCl2N3O4.C19H14Cl2N2O3.C12H18BNO2.CH4.ClH/c1-4-31(5-2)24-10-8-19(13-25(24)32(39)40-31)18-35-29(38)28-11-9-23(27-7-6-12-37(27)28)26-17-30(3,41-36-26)20-14-21(33)16-22(34)15-20;1-19(11-7-12(20)9-13(21)8-11)10-15(22-26-19)14-4-5-17(18(24)25)23-6-2-3-16(14)23;1-3-12(4-2)10-6-5-9(8-14)7-11(10)13(15)16-12;;/h6-16,39H,4-5,17-18H2,1-3H3,(H,35,38);2-9H,10H2,1H3,(H,24,25);5-7,15H,3-4,8,14H2,1-2H3;1H4;1H. The minimum Gasteiger partial charge on any atom is -0.477 e. The molecule has 4 aliphatic heterocycles. The largest absolute Gasteiger partial charge is 0.492 e. The van der Waals surface area contributed by atoms with E-state index in [0.717, 1.165) is 104 Å². The van der Waals surface area contributed by atoms with E-state index in [4.69, 9.17) is 71.1 Å². The number of amides is 1. The third-order valence-corrected chi connectivity index (χ3v) is 17.4. The van der Waals surface area contributed by atoms with Crippen molar-refractivity contribution in [3.63, 3.8) is 0 Å². The molecule has 444 valence electrons.